The number of rotatable bonds is 6. The number of aryl methyl sites for hydroxylation is 1. The van der Waals surface area contributed by atoms with E-state index in [9.17, 15) is 4.79 Å². The molecule has 4 nitrogen and oxygen atoms in total. The van der Waals surface area contributed by atoms with Gasteiger partial charge in [0.15, 0.2) is 0 Å². The van der Waals surface area contributed by atoms with Crippen LogP contribution in [0.3, 0.4) is 0 Å². The van der Waals surface area contributed by atoms with Crippen molar-refractivity contribution in [2.45, 2.75) is 52.1 Å². The van der Waals surface area contributed by atoms with Gasteiger partial charge in [-0.15, -0.1) is 11.3 Å². The molecule has 27 heavy (non-hydrogen) atoms. The lowest BCUT2D eigenvalue weighted by Gasteiger charge is -2.31. The molecule has 144 valence electrons. The summed E-state index contributed by atoms with van der Waals surface area (Å²) in [6, 6.07) is 4.32. The van der Waals surface area contributed by atoms with Crippen LogP contribution < -0.4 is 0 Å². The Balaban J connectivity index is 1.39. The summed E-state index contributed by atoms with van der Waals surface area (Å²) in [4.78, 5) is 23.2. The first-order valence-corrected chi connectivity index (χ1v) is 11.0. The van der Waals surface area contributed by atoms with Gasteiger partial charge in [0, 0.05) is 49.7 Å². The maximum Gasteiger partial charge on any atom is 0.254 e. The lowest BCUT2D eigenvalue weighted by atomic mass is 9.85. The number of thiophene rings is 1. The zero-order chi connectivity index (χ0) is 18.8. The lowest BCUT2D eigenvalue weighted by Crippen LogP contribution is -2.35. The van der Waals surface area contributed by atoms with Crippen LogP contribution in [0.25, 0.3) is 0 Å². The van der Waals surface area contributed by atoms with Crippen LogP contribution in [0.4, 0.5) is 0 Å². The van der Waals surface area contributed by atoms with E-state index >= 15 is 0 Å². The van der Waals surface area contributed by atoms with E-state index in [2.05, 4.69) is 34.3 Å². The summed E-state index contributed by atoms with van der Waals surface area (Å²) in [5, 5.41) is 2.09. The Morgan fingerprint density at radius 2 is 2.22 bits per heavy atom. The van der Waals surface area contributed by atoms with E-state index in [1.165, 1.54) is 35.3 Å². The summed E-state index contributed by atoms with van der Waals surface area (Å²) >= 11 is 1.75. The molecule has 2 aromatic rings. The molecule has 1 saturated carbocycles. The number of pyridine rings is 1. The highest BCUT2D eigenvalue weighted by Gasteiger charge is 2.27. The maximum atomic E-state index is 12.9. The van der Waals surface area contributed by atoms with Gasteiger partial charge in [-0.1, -0.05) is 19.4 Å². The Morgan fingerprint density at radius 3 is 2.89 bits per heavy atom. The zero-order valence-electron chi connectivity index (χ0n) is 16.4. The van der Waals surface area contributed by atoms with Gasteiger partial charge in [-0.25, -0.2) is 0 Å². The van der Waals surface area contributed by atoms with E-state index in [-0.39, 0.29) is 5.91 Å². The number of fused-ring (bicyclic) bond motifs is 1. The topological polar surface area (TPSA) is 36.4 Å². The summed E-state index contributed by atoms with van der Waals surface area (Å²) in [5.41, 5.74) is 4.65. The van der Waals surface area contributed by atoms with E-state index in [4.69, 9.17) is 0 Å². The van der Waals surface area contributed by atoms with Crippen molar-refractivity contribution in [3.63, 3.8) is 0 Å². The number of nitrogens with zero attached hydrogens (tertiary/aromatic N) is 3. The van der Waals surface area contributed by atoms with E-state index in [1.807, 2.05) is 18.1 Å². The van der Waals surface area contributed by atoms with Gasteiger partial charge < -0.3 is 4.90 Å². The number of amides is 1. The summed E-state index contributed by atoms with van der Waals surface area (Å²) in [7, 11) is 1.96. The molecule has 0 atom stereocenters. The summed E-state index contributed by atoms with van der Waals surface area (Å²) in [6.07, 6.45) is 7.87. The predicted octanol–water partition coefficient (Wildman–Crippen LogP) is 4.14. The fourth-order valence-electron chi connectivity index (χ4n) is 4.03. The lowest BCUT2D eigenvalue weighted by molar-refractivity contribution is 0.0744. The average molecular weight is 384 g/mol. The normalized spacial score (nSPS) is 17.4. The smallest absolute Gasteiger partial charge is 0.254 e. The minimum Gasteiger partial charge on any atom is -0.341 e. The first-order chi connectivity index (χ1) is 13.1. The quantitative estimate of drug-likeness (QED) is 0.752. The number of carbonyl (C=O) groups is 1. The minimum atomic E-state index is 0.213. The molecule has 0 bridgehead atoms. The van der Waals surface area contributed by atoms with E-state index < -0.39 is 0 Å². The highest BCUT2D eigenvalue weighted by atomic mass is 32.1. The third-order valence-corrected chi connectivity index (χ3v) is 7.05. The van der Waals surface area contributed by atoms with Crippen LogP contribution in [0.5, 0.6) is 0 Å². The monoisotopic (exact) mass is 383 g/mol. The van der Waals surface area contributed by atoms with Crippen LogP contribution in [0, 0.1) is 5.92 Å². The molecule has 2 aromatic heterocycles. The van der Waals surface area contributed by atoms with Gasteiger partial charge in [0.2, 0.25) is 0 Å². The van der Waals surface area contributed by atoms with Gasteiger partial charge in [-0.2, -0.15) is 0 Å². The second-order valence-electron chi connectivity index (χ2n) is 8.01. The summed E-state index contributed by atoms with van der Waals surface area (Å²) in [5.74, 6) is 0.931. The molecular formula is C22H29N3OS. The van der Waals surface area contributed by atoms with Gasteiger partial charge in [0.25, 0.3) is 5.91 Å². The third-order valence-electron chi connectivity index (χ3n) is 6.04. The Kier molecular flexibility index (Phi) is 5.60. The average Bonchev–Trinajstić information content (AvgIpc) is 3.07. The number of hydrogen-bond donors (Lipinski definition) is 0. The van der Waals surface area contributed by atoms with Crippen LogP contribution in [0.15, 0.2) is 23.7 Å². The van der Waals surface area contributed by atoms with E-state index in [1.54, 1.807) is 11.3 Å². The van der Waals surface area contributed by atoms with Crippen molar-refractivity contribution < 1.29 is 4.79 Å². The predicted molar refractivity (Wildman–Crippen MR) is 110 cm³/mol. The van der Waals surface area contributed by atoms with Crippen molar-refractivity contribution in [1.82, 2.24) is 14.8 Å². The first-order valence-electron chi connectivity index (χ1n) is 10.1. The highest BCUT2D eigenvalue weighted by molar-refractivity contribution is 7.10. The second kappa shape index (κ2) is 8.11. The molecule has 0 aromatic carbocycles. The minimum absolute atomic E-state index is 0.213. The SMILES string of the molecule is CCc1ccc(CN2CCc3c(C(=O)N(C)CC4CCC4)csc3C2)nc1. The molecule has 1 aliphatic carbocycles. The van der Waals surface area contributed by atoms with Gasteiger partial charge in [-0.05, 0) is 48.8 Å². The largest absolute Gasteiger partial charge is 0.341 e. The van der Waals surface area contributed by atoms with Gasteiger partial charge in [0.1, 0.15) is 0 Å². The number of hydrogen-bond acceptors (Lipinski definition) is 4. The molecule has 4 rings (SSSR count). The van der Waals surface area contributed by atoms with Crippen LogP contribution in [0.1, 0.15) is 58.2 Å². The summed E-state index contributed by atoms with van der Waals surface area (Å²) in [6.45, 7) is 5.87. The Morgan fingerprint density at radius 1 is 1.37 bits per heavy atom. The first kappa shape index (κ1) is 18.6. The molecule has 0 radical (unpaired) electrons. The van der Waals surface area contributed by atoms with E-state index in [0.717, 1.165) is 56.2 Å². The van der Waals surface area contributed by atoms with Crippen molar-refractivity contribution in [2.75, 3.05) is 20.1 Å². The molecule has 5 heteroatoms. The number of carbonyl (C=O) groups excluding carboxylic acids is 1. The molecule has 0 spiro atoms. The maximum absolute atomic E-state index is 12.9. The second-order valence-corrected chi connectivity index (χ2v) is 8.97. The zero-order valence-corrected chi connectivity index (χ0v) is 17.2. The molecular weight excluding hydrogens is 354 g/mol. The fourth-order valence-corrected chi connectivity index (χ4v) is 5.15. The van der Waals surface area contributed by atoms with Gasteiger partial charge >= 0.3 is 0 Å². The third kappa shape index (κ3) is 4.09. The van der Waals surface area contributed by atoms with Gasteiger partial charge in [0.05, 0.1) is 11.3 Å². The fraction of sp³-hybridized carbons (Fsp3) is 0.545. The van der Waals surface area contributed by atoms with E-state index in [0.29, 0.717) is 0 Å². The number of aromatic nitrogens is 1. The Labute approximate surface area is 166 Å². The van der Waals surface area contributed by atoms with Crippen LogP contribution >= 0.6 is 11.3 Å². The molecule has 3 heterocycles. The van der Waals surface area contributed by atoms with Crippen molar-refractivity contribution >= 4 is 17.2 Å². The summed E-state index contributed by atoms with van der Waals surface area (Å²) < 4.78 is 0. The molecule has 1 fully saturated rings. The molecule has 0 saturated heterocycles. The standard InChI is InChI=1S/C22H29N3OS/c1-3-16-7-8-18(23-11-16)13-25-10-9-19-20(15-27-21(19)14-25)22(26)24(2)12-17-5-4-6-17/h7-8,11,15,17H,3-6,9-10,12-14H2,1-2H3. The molecule has 0 unspecified atom stereocenters. The van der Waals surface area contributed by atoms with Crippen molar-refractivity contribution in [2.24, 2.45) is 5.92 Å². The molecule has 0 N–H and O–H groups in total. The van der Waals surface area contributed by atoms with Crippen LogP contribution in [-0.2, 0) is 25.9 Å². The van der Waals surface area contributed by atoms with Crippen LogP contribution in [-0.4, -0.2) is 40.8 Å². The molecule has 1 aliphatic heterocycles. The highest BCUT2D eigenvalue weighted by Crippen LogP contribution is 2.31. The molecule has 1 amide bonds. The van der Waals surface area contributed by atoms with Crippen molar-refractivity contribution in [1.29, 1.82) is 0 Å². The Bertz CT molecular complexity index is 794. The van der Waals surface area contributed by atoms with Crippen molar-refractivity contribution in [3.8, 4) is 0 Å². The van der Waals surface area contributed by atoms with Crippen molar-refractivity contribution in [3.05, 3.63) is 51.0 Å². The van der Waals surface area contributed by atoms with Crippen LogP contribution in [0.2, 0.25) is 0 Å². The Hall–Kier alpha value is -1.72. The molecule has 2 aliphatic rings. The van der Waals surface area contributed by atoms with Gasteiger partial charge in [-0.3, -0.25) is 14.7 Å².